The Morgan fingerprint density at radius 3 is 2.93 bits per heavy atom. The predicted molar refractivity (Wildman–Crippen MR) is 105 cm³/mol. The van der Waals surface area contributed by atoms with E-state index in [1.807, 2.05) is 35.4 Å². The van der Waals surface area contributed by atoms with Crippen molar-refractivity contribution < 1.29 is 0 Å². The van der Waals surface area contributed by atoms with Gasteiger partial charge in [0.25, 0.3) is 0 Å². The third kappa shape index (κ3) is 3.50. The zero-order chi connectivity index (χ0) is 18.8. The minimum Gasteiger partial charge on any atom is -0.337 e. The minimum absolute atomic E-state index is 0.136. The second kappa shape index (κ2) is 7.47. The SMILES string of the molecule is c1ccc2nc(C(NCCCn3ccnc3)c3nnnn3C3CC3)ccc2c1. The van der Waals surface area contributed by atoms with Gasteiger partial charge >= 0.3 is 0 Å². The lowest BCUT2D eigenvalue weighted by atomic mass is 10.1. The molecule has 0 radical (unpaired) electrons. The van der Waals surface area contributed by atoms with Crippen molar-refractivity contribution in [2.75, 3.05) is 6.54 Å². The van der Waals surface area contributed by atoms with Crippen LogP contribution in [0.1, 0.15) is 42.9 Å². The van der Waals surface area contributed by atoms with E-state index in [1.165, 1.54) is 0 Å². The standard InChI is InChI=1S/C20H22N8/c1-2-5-17-15(4-1)6-9-18(23-17)19(20-24-25-26-28(20)16-7-8-16)22-10-3-12-27-13-11-21-14-27/h1-2,4-6,9,11,13-14,16,19,22H,3,7-8,10,12H2. The summed E-state index contributed by atoms with van der Waals surface area (Å²) in [5.74, 6) is 0.841. The van der Waals surface area contributed by atoms with E-state index in [2.05, 4.69) is 48.6 Å². The highest BCUT2D eigenvalue weighted by atomic mass is 15.6. The second-order valence-electron chi connectivity index (χ2n) is 7.18. The largest absolute Gasteiger partial charge is 0.337 e. The van der Waals surface area contributed by atoms with Crippen molar-refractivity contribution >= 4 is 10.9 Å². The molecule has 1 aliphatic carbocycles. The molecule has 1 N–H and O–H groups in total. The molecule has 1 fully saturated rings. The Hall–Kier alpha value is -3.13. The van der Waals surface area contributed by atoms with Crippen LogP contribution < -0.4 is 5.32 Å². The van der Waals surface area contributed by atoms with Crippen LogP contribution in [-0.2, 0) is 6.54 Å². The lowest BCUT2D eigenvalue weighted by molar-refractivity contribution is 0.487. The van der Waals surface area contributed by atoms with Gasteiger partial charge in [-0.3, -0.25) is 4.98 Å². The van der Waals surface area contributed by atoms with E-state index in [0.717, 1.165) is 54.8 Å². The number of aromatic nitrogens is 7. The molecule has 8 nitrogen and oxygen atoms in total. The number of fused-ring (bicyclic) bond motifs is 1. The molecule has 1 atom stereocenters. The summed E-state index contributed by atoms with van der Waals surface area (Å²) in [5, 5.41) is 17.3. The monoisotopic (exact) mass is 374 g/mol. The molecule has 1 unspecified atom stereocenters. The smallest absolute Gasteiger partial charge is 0.174 e. The molecular weight excluding hydrogens is 352 g/mol. The first-order chi connectivity index (χ1) is 13.9. The van der Waals surface area contributed by atoms with Crippen molar-refractivity contribution in [1.29, 1.82) is 0 Å². The number of nitrogens with zero attached hydrogens (tertiary/aromatic N) is 7. The van der Waals surface area contributed by atoms with E-state index in [0.29, 0.717) is 6.04 Å². The van der Waals surface area contributed by atoms with E-state index in [4.69, 9.17) is 4.98 Å². The summed E-state index contributed by atoms with van der Waals surface area (Å²) < 4.78 is 4.05. The first-order valence-corrected chi connectivity index (χ1v) is 9.71. The highest BCUT2D eigenvalue weighted by molar-refractivity contribution is 5.78. The van der Waals surface area contributed by atoms with Gasteiger partial charge in [0.1, 0.15) is 6.04 Å². The molecule has 0 aliphatic heterocycles. The van der Waals surface area contributed by atoms with Crippen LogP contribution in [0.5, 0.6) is 0 Å². The number of hydrogen-bond donors (Lipinski definition) is 1. The van der Waals surface area contributed by atoms with Crippen LogP contribution >= 0.6 is 0 Å². The van der Waals surface area contributed by atoms with Gasteiger partial charge in [0.15, 0.2) is 5.82 Å². The predicted octanol–water partition coefficient (Wildman–Crippen LogP) is 2.52. The number of benzene rings is 1. The van der Waals surface area contributed by atoms with Crippen molar-refractivity contribution in [2.45, 2.75) is 37.9 Å². The third-order valence-corrected chi connectivity index (χ3v) is 5.09. The molecule has 4 aromatic rings. The number of hydrogen-bond acceptors (Lipinski definition) is 6. The molecular formula is C20H22N8. The van der Waals surface area contributed by atoms with Crippen LogP contribution in [0.25, 0.3) is 10.9 Å². The average molecular weight is 374 g/mol. The van der Waals surface area contributed by atoms with Crippen LogP contribution in [0.3, 0.4) is 0 Å². The molecule has 28 heavy (non-hydrogen) atoms. The summed E-state index contributed by atoms with van der Waals surface area (Å²) in [6.07, 6.45) is 8.88. The summed E-state index contributed by atoms with van der Waals surface area (Å²) in [7, 11) is 0. The van der Waals surface area contributed by atoms with Crippen molar-refractivity contribution in [1.82, 2.24) is 40.1 Å². The van der Waals surface area contributed by atoms with Crippen LogP contribution in [0, 0.1) is 0 Å². The number of nitrogens with one attached hydrogen (secondary N) is 1. The summed E-state index contributed by atoms with van der Waals surface area (Å²) in [6.45, 7) is 1.74. The Bertz CT molecular complexity index is 1050. The zero-order valence-electron chi connectivity index (χ0n) is 15.5. The molecule has 0 spiro atoms. The van der Waals surface area contributed by atoms with E-state index in [9.17, 15) is 0 Å². The first-order valence-electron chi connectivity index (χ1n) is 9.71. The summed E-state index contributed by atoms with van der Waals surface area (Å²) >= 11 is 0. The zero-order valence-corrected chi connectivity index (χ0v) is 15.5. The fourth-order valence-electron chi connectivity index (χ4n) is 3.47. The Morgan fingerprint density at radius 2 is 2.07 bits per heavy atom. The van der Waals surface area contributed by atoms with E-state index >= 15 is 0 Å². The molecule has 3 heterocycles. The van der Waals surface area contributed by atoms with Gasteiger partial charge in [-0.25, -0.2) is 9.67 Å². The number of aryl methyl sites for hydroxylation is 1. The maximum absolute atomic E-state index is 4.89. The van der Waals surface area contributed by atoms with Crippen LogP contribution in [0.15, 0.2) is 55.1 Å². The topological polar surface area (TPSA) is 86.3 Å². The Morgan fingerprint density at radius 1 is 1.14 bits per heavy atom. The number of para-hydroxylation sites is 1. The Kier molecular flexibility index (Phi) is 4.54. The molecule has 1 aliphatic rings. The summed E-state index contributed by atoms with van der Waals surface area (Å²) in [5.41, 5.74) is 1.92. The van der Waals surface area contributed by atoms with Gasteiger partial charge in [-0.05, 0) is 48.4 Å². The molecule has 5 rings (SSSR count). The highest BCUT2D eigenvalue weighted by Gasteiger charge is 2.31. The van der Waals surface area contributed by atoms with Crippen LogP contribution in [-0.4, -0.2) is 41.3 Å². The first kappa shape index (κ1) is 17.0. The van der Waals surface area contributed by atoms with Gasteiger partial charge in [-0.2, -0.15) is 0 Å². The van der Waals surface area contributed by atoms with Crippen molar-refractivity contribution in [3.63, 3.8) is 0 Å². The summed E-state index contributed by atoms with van der Waals surface area (Å²) in [4.78, 5) is 8.99. The van der Waals surface area contributed by atoms with E-state index in [1.54, 1.807) is 6.20 Å². The Labute approximate surface area is 162 Å². The normalized spacial score (nSPS) is 15.1. The molecule has 0 amide bonds. The molecule has 3 aromatic heterocycles. The van der Waals surface area contributed by atoms with Crippen molar-refractivity contribution in [2.24, 2.45) is 0 Å². The maximum Gasteiger partial charge on any atom is 0.174 e. The summed E-state index contributed by atoms with van der Waals surface area (Å²) in [6, 6.07) is 12.6. The number of rotatable bonds is 8. The molecule has 0 saturated heterocycles. The van der Waals surface area contributed by atoms with Gasteiger partial charge in [0.2, 0.25) is 0 Å². The van der Waals surface area contributed by atoms with Gasteiger partial charge in [-0.15, -0.1) is 5.10 Å². The van der Waals surface area contributed by atoms with Crippen LogP contribution in [0.4, 0.5) is 0 Å². The molecule has 0 bridgehead atoms. The van der Waals surface area contributed by atoms with Crippen LogP contribution in [0.2, 0.25) is 0 Å². The fraction of sp³-hybridized carbons (Fsp3) is 0.350. The van der Waals surface area contributed by atoms with Gasteiger partial charge in [0.05, 0.1) is 23.6 Å². The maximum atomic E-state index is 4.89. The van der Waals surface area contributed by atoms with Crippen molar-refractivity contribution in [3.05, 3.63) is 66.6 Å². The van der Waals surface area contributed by atoms with E-state index < -0.39 is 0 Å². The number of pyridine rings is 1. The second-order valence-corrected chi connectivity index (χ2v) is 7.18. The Balaban J connectivity index is 1.40. The van der Waals surface area contributed by atoms with Gasteiger partial charge < -0.3 is 9.88 Å². The minimum atomic E-state index is -0.136. The number of imidazole rings is 1. The lowest BCUT2D eigenvalue weighted by Gasteiger charge is -2.18. The van der Waals surface area contributed by atoms with Crippen molar-refractivity contribution in [3.8, 4) is 0 Å². The van der Waals surface area contributed by atoms with E-state index in [-0.39, 0.29) is 6.04 Å². The third-order valence-electron chi connectivity index (χ3n) is 5.09. The molecule has 8 heteroatoms. The number of tetrazole rings is 1. The fourth-order valence-corrected chi connectivity index (χ4v) is 3.47. The van der Waals surface area contributed by atoms with Gasteiger partial charge in [0, 0.05) is 24.3 Å². The highest BCUT2D eigenvalue weighted by Crippen LogP contribution is 2.36. The lowest BCUT2D eigenvalue weighted by Crippen LogP contribution is -2.28. The molecule has 1 saturated carbocycles. The average Bonchev–Trinajstić information content (AvgIpc) is 3.23. The quantitative estimate of drug-likeness (QED) is 0.477. The molecule has 142 valence electrons. The molecule has 1 aromatic carbocycles. The van der Waals surface area contributed by atoms with Gasteiger partial charge in [-0.1, -0.05) is 24.3 Å².